The van der Waals surface area contributed by atoms with Gasteiger partial charge in [0, 0.05) is 0 Å². The fourth-order valence-corrected chi connectivity index (χ4v) is 4.07. The van der Waals surface area contributed by atoms with Crippen LogP contribution >= 0.6 is 0 Å². The number of aliphatic carboxylic acids is 1. The fourth-order valence-electron chi connectivity index (χ4n) is 4.07. The predicted molar refractivity (Wildman–Crippen MR) is 123 cm³/mol. The van der Waals surface area contributed by atoms with Gasteiger partial charge < -0.3 is 44.8 Å². The van der Waals surface area contributed by atoms with Gasteiger partial charge in [-0.3, -0.25) is 0 Å². The number of benzene rings is 2. The molecule has 1 heterocycles. The van der Waals surface area contributed by atoms with E-state index in [0.29, 0.717) is 12.2 Å². The average Bonchev–Trinajstić information content (AvgIpc) is 2.80. The zero-order chi connectivity index (χ0) is 25.9. The first kappa shape index (κ1) is 26.6. The van der Waals surface area contributed by atoms with E-state index >= 15 is 0 Å². The molecule has 1 aliphatic heterocycles. The van der Waals surface area contributed by atoms with Crippen LogP contribution in [-0.2, 0) is 22.4 Å². The molecule has 0 bridgehead atoms. The van der Waals surface area contributed by atoms with Crippen LogP contribution in [-0.4, -0.2) is 74.4 Å². The quantitative estimate of drug-likeness (QED) is 0.301. The lowest BCUT2D eigenvalue weighted by Crippen LogP contribution is -2.61. The molecule has 0 aromatic heterocycles. The maximum Gasteiger partial charge on any atom is 0.335 e. The van der Waals surface area contributed by atoms with E-state index in [4.69, 9.17) is 19.3 Å². The normalized spacial score (nSPS) is 26.1. The van der Waals surface area contributed by atoms with Crippen molar-refractivity contribution in [1.82, 2.24) is 0 Å². The molecule has 1 fully saturated rings. The van der Waals surface area contributed by atoms with E-state index < -0.39 is 36.7 Å². The van der Waals surface area contributed by atoms with Crippen molar-refractivity contribution < 1.29 is 49.6 Å². The van der Waals surface area contributed by atoms with Crippen LogP contribution in [0.3, 0.4) is 0 Å². The Kier molecular flexibility index (Phi) is 8.44. The third-order valence-corrected chi connectivity index (χ3v) is 6.41. The van der Waals surface area contributed by atoms with Crippen LogP contribution < -0.4 is 9.47 Å². The second kappa shape index (κ2) is 11.1. The fraction of sp³-hybridized carbons (Fsp3) is 0.480. The third kappa shape index (κ3) is 6.15. The average molecular weight is 493 g/mol. The summed E-state index contributed by atoms with van der Waals surface area (Å²) in [5.41, 5.74) is 1.81. The van der Waals surface area contributed by atoms with Gasteiger partial charge in [0.2, 0.25) is 6.29 Å². The van der Waals surface area contributed by atoms with Gasteiger partial charge in [-0.2, -0.15) is 0 Å². The molecule has 0 unspecified atom stereocenters. The molecule has 192 valence electrons. The molecule has 10 heteroatoms. The number of carboxylic acid groups (broad SMARTS) is 1. The summed E-state index contributed by atoms with van der Waals surface area (Å²) >= 11 is 0. The van der Waals surface area contributed by atoms with E-state index in [-0.39, 0.29) is 29.1 Å². The Bertz CT molecular complexity index is 1030. The Hall–Kier alpha value is -3.05. The van der Waals surface area contributed by atoms with E-state index in [9.17, 15) is 30.3 Å². The molecule has 10 nitrogen and oxygen atoms in total. The van der Waals surface area contributed by atoms with Crippen molar-refractivity contribution >= 4 is 5.97 Å². The maximum atomic E-state index is 11.2. The first-order valence-electron chi connectivity index (χ1n) is 11.3. The Balaban J connectivity index is 1.63. The monoisotopic (exact) mass is 492 g/mol. The van der Waals surface area contributed by atoms with Crippen molar-refractivity contribution in [2.45, 2.75) is 57.4 Å². The van der Waals surface area contributed by atoms with Crippen LogP contribution in [0.15, 0.2) is 36.4 Å². The molecule has 35 heavy (non-hydrogen) atoms. The molecule has 0 amide bonds. The van der Waals surface area contributed by atoms with Gasteiger partial charge in [-0.25, -0.2) is 4.79 Å². The molecule has 1 aliphatic rings. The second-order valence-electron chi connectivity index (χ2n) is 9.02. The minimum Gasteiger partial charge on any atom is -0.504 e. The number of hydrogen-bond acceptors (Lipinski definition) is 9. The molecule has 3 rings (SSSR count). The van der Waals surface area contributed by atoms with E-state index in [1.54, 1.807) is 18.2 Å². The Morgan fingerprint density at radius 2 is 1.40 bits per heavy atom. The molecule has 7 atom stereocenters. The lowest BCUT2D eigenvalue weighted by Gasteiger charge is -2.38. The SMILES string of the molecule is COc1ccc(C[C@H](C)[C@H](C)Cc2ccc(O[C@@H]3O[C@H](C(=O)O)[C@@H](O)[C@H](O)[C@H]3O)c(O)c2)cc1O. The highest BCUT2D eigenvalue weighted by molar-refractivity contribution is 5.73. The molecule has 2 aromatic rings. The van der Waals surface area contributed by atoms with E-state index in [1.807, 2.05) is 6.07 Å². The number of carbonyl (C=O) groups is 1. The largest absolute Gasteiger partial charge is 0.504 e. The number of carboxylic acids is 1. The van der Waals surface area contributed by atoms with Gasteiger partial charge in [-0.05, 0) is 60.1 Å². The van der Waals surface area contributed by atoms with Gasteiger partial charge in [0.05, 0.1) is 7.11 Å². The molecule has 0 saturated carbocycles. The standard InChI is InChI=1S/C25H32O10/c1-12(8-14-4-6-18(33-3)16(26)10-14)13(2)9-15-5-7-19(17(27)11-15)34-25-22(30)20(28)21(29)23(35-25)24(31)32/h4-7,10-13,20-23,25-30H,8-9H2,1-3H3,(H,31,32)/t12-,13+,20-,21-,22+,23-,25+/m0/s1. The van der Waals surface area contributed by atoms with Crippen molar-refractivity contribution in [2.75, 3.05) is 7.11 Å². The first-order valence-corrected chi connectivity index (χ1v) is 11.3. The van der Waals surface area contributed by atoms with Crippen LogP contribution in [0.5, 0.6) is 23.0 Å². The third-order valence-electron chi connectivity index (χ3n) is 6.41. The zero-order valence-corrected chi connectivity index (χ0v) is 19.7. The maximum absolute atomic E-state index is 11.2. The number of ether oxygens (including phenoxy) is 3. The number of phenolic OH excluding ortho intramolecular Hbond substituents is 2. The number of phenols is 2. The molecule has 6 N–H and O–H groups in total. The van der Waals surface area contributed by atoms with Gasteiger partial charge >= 0.3 is 5.97 Å². The van der Waals surface area contributed by atoms with Crippen LogP contribution in [0.2, 0.25) is 0 Å². The van der Waals surface area contributed by atoms with Crippen molar-refractivity contribution in [2.24, 2.45) is 11.8 Å². The Labute approximate surface area is 202 Å². The summed E-state index contributed by atoms with van der Waals surface area (Å²) in [5, 5.41) is 59.4. The van der Waals surface area contributed by atoms with Crippen LogP contribution in [0.25, 0.3) is 0 Å². The molecule has 0 radical (unpaired) electrons. The highest BCUT2D eigenvalue weighted by Gasteiger charge is 2.48. The summed E-state index contributed by atoms with van der Waals surface area (Å²) in [4.78, 5) is 11.2. The van der Waals surface area contributed by atoms with Gasteiger partial charge in [-0.1, -0.05) is 26.0 Å². The number of hydrogen-bond donors (Lipinski definition) is 6. The second-order valence-corrected chi connectivity index (χ2v) is 9.02. The smallest absolute Gasteiger partial charge is 0.335 e. The highest BCUT2D eigenvalue weighted by atomic mass is 16.7. The van der Waals surface area contributed by atoms with Gasteiger partial charge in [-0.15, -0.1) is 0 Å². The Morgan fingerprint density at radius 3 is 1.86 bits per heavy atom. The van der Waals surface area contributed by atoms with Gasteiger partial charge in [0.25, 0.3) is 0 Å². The van der Waals surface area contributed by atoms with Gasteiger partial charge in [0.1, 0.15) is 18.3 Å². The number of aromatic hydroxyl groups is 2. The summed E-state index contributed by atoms with van der Waals surface area (Å²) in [6.45, 7) is 4.18. The molecule has 2 aromatic carbocycles. The lowest BCUT2D eigenvalue weighted by molar-refractivity contribution is -0.271. The number of methoxy groups -OCH3 is 1. The lowest BCUT2D eigenvalue weighted by atomic mass is 9.85. The first-order chi connectivity index (χ1) is 16.5. The summed E-state index contributed by atoms with van der Waals surface area (Å²) < 4.78 is 15.6. The molecule has 1 saturated heterocycles. The van der Waals surface area contributed by atoms with Crippen molar-refractivity contribution in [1.29, 1.82) is 0 Å². The molecular formula is C25H32O10. The summed E-state index contributed by atoms with van der Waals surface area (Å²) in [7, 11) is 1.50. The van der Waals surface area contributed by atoms with Crippen molar-refractivity contribution in [3.63, 3.8) is 0 Å². The van der Waals surface area contributed by atoms with Crippen LogP contribution in [0.4, 0.5) is 0 Å². The minimum atomic E-state index is -1.83. The number of rotatable bonds is 9. The summed E-state index contributed by atoms with van der Waals surface area (Å²) in [6.07, 6.45) is -7.37. The van der Waals surface area contributed by atoms with Crippen molar-refractivity contribution in [3.8, 4) is 23.0 Å². The van der Waals surface area contributed by atoms with Gasteiger partial charge in [0.15, 0.2) is 29.1 Å². The number of aliphatic hydroxyl groups excluding tert-OH is 3. The summed E-state index contributed by atoms with van der Waals surface area (Å²) in [6, 6.07) is 10.0. The summed E-state index contributed by atoms with van der Waals surface area (Å²) in [5.74, 6) is -0.846. The Morgan fingerprint density at radius 1 is 0.886 bits per heavy atom. The van der Waals surface area contributed by atoms with E-state index in [2.05, 4.69) is 13.8 Å². The van der Waals surface area contributed by atoms with Crippen LogP contribution in [0.1, 0.15) is 25.0 Å². The van der Waals surface area contributed by atoms with E-state index in [0.717, 1.165) is 17.5 Å². The molecule has 0 aliphatic carbocycles. The molecular weight excluding hydrogens is 460 g/mol. The minimum absolute atomic E-state index is 0.0695. The number of aliphatic hydroxyl groups is 3. The topological polar surface area (TPSA) is 166 Å². The van der Waals surface area contributed by atoms with E-state index in [1.165, 1.54) is 19.2 Å². The highest BCUT2D eigenvalue weighted by Crippen LogP contribution is 2.33. The zero-order valence-electron chi connectivity index (χ0n) is 19.7. The predicted octanol–water partition coefficient (Wildman–Crippen LogP) is 1.43. The van der Waals surface area contributed by atoms with Crippen LogP contribution in [0, 0.1) is 11.8 Å². The van der Waals surface area contributed by atoms with Crippen molar-refractivity contribution in [3.05, 3.63) is 47.5 Å². The molecule has 0 spiro atoms.